The highest BCUT2D eigenvalue weighted by Crippen LogP contribution is 2.24. The first-order valence-corrected chi connectivity index (χ1v) is 4.59. The van der Waals surface area contributed by atoms with Crippen molar-refractivity contribution in [2.75, 3.05) is 18.0 Å². The minimum absolute atomic E-state index is 0.155. The predicted octanol–water partition coefficient (Wildman–Crippen LogP) is 1.05. The second-order valence-corrected chi connectivity index (χ2v) is 3.50. The fourth-order valence-corrected chi connectivity index (χ4v) is 1.87. The van der Waals surface area contributed by atoms with Crippen molar-refractivity contribution in [1.29, 1.82) is 0 Å². The molecular weight excluding hydrogens is 176 g/mol. The molecule has 0 atom stereocenters. The highest BCUT2D eigenvalue weighted by molar-refractivity contribution is 7.13. The number of carboxylic acids is 1. The molecular formula is C7H8N2O2S. The zero-order valence-electron chi connectivity index (χ0n) is 6.36. The molecule has 0 saturated carbocycles. The van der Waals surface area contributed by atoms with Crippen LogP contribution in [0.25, 0.3) is 0 Å². The van der Waals surface area contributed by atoms with Crippen molar-refractivity contribution in [2.45, 2.75) is 6.42 Å². The Kier molecular flexibility index (Phi) is 1.73. The van der Waals surface area contributed by atoms with E-state index in [0.717, 1.165) is 18.2 Å². The Balaban J connectivity index is 2.17. The topological polar surface area (TPSA) is 53.4 Å². The zero-order chi connectivity index (χ0) is 8.55. The molecule has 1 aliphatic heterocycles. The number of aromatic carboxylic acids is 1. The molecule has 0 amide bonds. The normalized spacial score (nSPS) is 15.8. The van der Waals surface area contributed by atoms with Gasteiger partial charge in [0.05, 0.1) is 0 Å². The van der Waals surface area contributed by atoms with E-state index in [1.54, 1.807) is 5.38 Å². The van der Waals surface area contributed by atoms with E-state index < -0.39 is 5.97 Å². The van der Waals surface area contributed by atoms with Crippen LogP contribution in [0.5, 0.6) is 0 Å². The number of anilines is 1. The van der Waals surface area contributed by atoms with Gasteiger partial charge in [0.15, 0.2) is 10.8 Å². The molecule has 0 unspecified atom stereocenters. The molecule has 5 heteroatoms. The summed E-state index contributed by atoms with van der Waals surface area (Å²) in [5.41, 5.74) is 0.155. The second kappa shape index (κ2) is 2.75. The Morgan fingerprint density at radius 2 is 2.42 bits per heavy atom. The number of carbonyl (C=O) groups is 1. The van der Waals surface area contributed by atoms with Crippen molar-refractivity contribution < 1.29 is 9.90 Å². The minimum atomic E-state index is -0.946. The maximum absolute atomic E-state index is 10.5. The summed E-state index contributed by atoms with van der Waals surface area (Å²) in [5, 5.41) is 11.0. The van der Waals surface area contributed by atoms with E-state index in [2.05, 4.69) is 9.88 Å². The van der Waals surface area contributed by atoms with Gasteiger partial charge in [-0.15, -0.1) is 11.3 Å². The standard InChI is InChI=1S/C7H8N2O2S/c10-6(11)5-4-12-7(8-5)9-2-1-3-9/h4H,1-3H2,(H,10,11). The van der Waals surface area contributed by atoms with Crippen LogP contribution in [0.4, 0.5) is 5.13 Å². The first kappa shape index (κ1) is 7.54. The van der Waals surface area contributed by atoms with Gasteiger partial charge in [0.1, 0.15) is 0 Å². The monoisotopic (exact) mass is 184 g/mol. The van der Waals surface area contributed by atoms with Crippen molar-refractivity contribution in [3.8, 4) is 0 Å². The maximum Gasteiger partial charge on any atom is 0.355 e. The van der Waals surface area contributed by atoms with Gasteiger partial charge in [0, 0.05) is 18.5 Å². The lowest BCUT2D eigenvalue weighted by atomic mass is 10.2. The molecule has 1 aromatic heterocycles. The zero-order valence-corrected chi connectivity index (χ0v) is 7.17. The Hall–Kier alpha value is -1.10. The van der Waals surface area contributed by atoms with Crippen molar-refractivity contribution in [3.63, 3.8) is 0 Å². The molecule has 1 saturated heterocycles. The SMILES string of the molecule is O=C(O)c1csc(N2CCC2)n1. The quantitative estimate of drug-likeness (QED) is 0.746. The number of nitrogens with zero attached hydrogens (tertiary/aromatic N) is 2. The molecule has 1 aromatic rings. The summed E-state index contributed by atoms with van der Waals surface area (Å²) in [5.74, 6) is -0.946. The van der Waals surface area contributed by atoms with Gasteiger partial charge >= 0.3 is 5.97 Å². The maximum atomic E-state index is 10.5. The lowest BCUT2D eigenvalue weighted by molar-refractivity contribution is 0.0691. The predicted molar refractivity (Wildman–Crippen MR) is 45.9 cm³/mol. The van der Waals surface area contributed by atoms with Crippen LogP contribution >= 0.6 is 11.3 Å². The average Bonchev–Trinajstić information content (AvgIpc) is 2.32. The first-order valence-electron chi connectivity index (χ1n) is 3.71. The molecule has 0 aliphatic carbocycles. The molecule has 2 heterocycles. The number of thiazole rings is 1. The first-order chi connectivity index (χ1) is 5.77. The molecule has 64 valence electrons. The van der Waals surface area contributed by atoms with Crippen molar-refractivity contribution in [1.82, 2.24) is 4.98 Å². The minimum Gasteiger partial charge on any atom is -0.476 e. The van der Waals surface area contributed by atoms with E-state index >= 15 is 0 Å². The van der Waals surface area contributed by atoms with Crippen LogP contribution in [0.15, 0.2) is 5.38 Å². The summed E-state index contributed by atoms with van der Waals surface area (Å²) < 4.78 is 0. The summed E-state index contributed by atoms with van der Waals surface area (Å²) in [7, 11) is 0. The van der Waals surface area contributed by atoms with Crippen LogP contribution in [0.2, 0.25) is 0 Å². The van der Waals surface area contributed by atoms with Gasteiger partial charge in [-0.05, 0) is 6.42 Å². The summed E-state index contributed by atoms with van der Waals surface area (Å²) in [6.45, 7) is 2.01. The van der Waals surface area contributed by atoms with Gasteiger partial charge in [0.2, 0.25) is 0 Å². The molecule has 1 aliphatic rings. The number of hydrogen-bond donors (Lipinski definition) is 1. The molecule has 2 rings (SSSR count). The van der Waals surface area contributed by atoms with Gasteiger partial charge in [-0.25, -0.2) is 9.78 Å². The number of carboxylic acid groups (broad SMARTS) is 1. The Morgan fingerprint density at radius 3 is 2.83 bits per heavy atom. The molecule has 0 aromatic carbocycles. The van der Waals surface area contributed by atoms with E-state index in [9.17, 15) is 4.79 Å². The van der Waals surface area contributed by atoms with E-state index in [0.29, 0.717) is 0 Å². The number of aromatic nitrogens is 1. The lowest BCUT2D eigenvalue weighted by Crippen LogP contribution is -2.36. The highest BCUT2D eigenvalue weighted by atomic mass is 32.1. The van der Waals surface area contributed by atoms with Crippen LogP contribution in [-0.4, -0.2) is 29.1 Å². The third-order valence-corrected chi connectivity index (χ3v) is 2.74. The summed E-state index contributed by atoms with van der Waals surface area (Å²) in [4.78, 5) is 16.5. The Bertz CT molecular complexity index is 306. The van der Waals surface area contributed by atoms with Gasteiger partial charge in [-0.1, -0.05) is 0 Å². The van der Waals surface area contributed by atoms with Gasteiger partial charge in [0.25, 0.3) is 0 Å². The van der Waals surface area contributed by atoms with Crippen molar-refractivity contribution >= 4 is 22.4 Å². The largest absolute Gasteiger partial charge is 0.476 e. The molecule has 1 fully saturated rings. The fraction of sp³-hybridized carbons (Fsp3) is 0.429. The van der Waals surface area contributed by atoms with Crippen molar-refractivity contribution in [3.05, 3.63) is 11.1 Å². The average molecular weight is 184 g/mol. The van der Waals surface area contributed by atoms with Gasteiger partial charge < -0.3 is 10.0 Å². The molecule has 4 nitrogen and oxygen atoms in total. The van der Waals surface area contributed by atoms with Crippen LogP contribution in [0.1, 0.15) is 16.9 Å². The van der Waals surface area contributed by atoms with Gasteiger partial charge in [-0.3, -0.25) is 0 Å². The third-order valence-electron chi connectivity index (χ3n) is 1.84. The van der Waals surface area contributed by atoms with Gasteiger partial charge in [-0.2, -0.15) is 0 Å². The van der Waals surface area contributed by atoms with Crippen LogP contribution < -0.4 is 4.90 Å². The van der Waals surface area contributed by atoms with E-state index in [1.807, 2.05) is 0 Å². The van der Waals surface area contributed by atoms with E-state index in [1.165, 1.54) is 17.8 Å². The molecule has 0 spiro atoms. The highest BCUT2D eigenvalue weighted by Gasteiger charge is 2.18. The molecule has 0 bridgehead atoms. The summed E-state index contributed by atoms with van der Waals surface area (Å²) >= 11 is 1.40. The van der Waals surface area contributed by atoms with Crippen LogP contribution in [0.3, 0.4) is 0 Å². The fourth-order valence-electron chi connectivity index (χ4n) is 1.02. The second-order valence-electron chi connectivity index (χ2n) is 2.66. The third kappa shape index (κ3) is 1.16. The number of hydrogen-bond acceptors (Lipinski definition) is 4. The summed E-state index contributed by atoms with van der Waals surface area (Å²) in [6.07, 6.45) is 1.18. The van der Waals surface area contributed by atoms with Crippen molar-refractivity contribution in [2.24, 2.45) is 0 Å². The Labute approximate surface area is 73.5 Å². The smallest absolute Gasteiger partial charge is 0.355 e. The van der Waals surface area contributed by atoms with E-state index in [4.69, 9.17) is 5.11 Å². The molecule has 12 heavy (non-hydrogen) atoms. The number of rotatable bonds is 2. The molecule has 1 N–H and O–H groups in total. The van der Waals surface area contributed by atoms with Crippen LogP contribution in [0, 0.1) is 0 Å². The Morgan fingerprint density at radius 1 is 1.67 bits per heavy atom. The molecule has 0 radical (unpaired) electrons. The lowest BCUT2D eigenvalue weighted by Gasteiger charge is -2.30. The summed E-state index contributed by atoms with van der Waals surface area (Å²) in [6, 6.07) is 0. The van der Waals surface area contributed by atoms with E-state index in [-0.39, 0.29) is 5.69 Å². The van der Waals surface area contributed by atoms with Crippen LogP contribution in [-0.2, 0) is 0 Å².